The zero-order valence-electron chi connectivity index (χ0n) is 18.5. The highest BCUT2D eigenvalue weighted by molar-refractivity contribution is 6.04. The summed E-state index contributed by atoms with van der Waals surface area (Å²) >= 11 is 0. The highest BCUT2D eigenvalue weighted by Gasteiger charge is 2.22. The molecule has 0 aliphatic rings. The molecule has 0 radical (unpaired) electrons. The van der Waals surface area contributed by atoms with E-state index in [1.165, 1.54) is 6.07 Å². The lowest BCUT2D eigenvalue weighted by Crippen LogP contribution is -2.41. The number of hydrogen-bond acceptors (Lipinski definition) is 6. The van der Waals surface area contributed by atoms with Gasteiger partial charge in [0.2, 0.25) is 0 Å². The molecule has 1 rings (SSSR count). The SMILES string of the molecule is CC(C)Nc1cc(C(=N)CC(C)NC(=O)OC(C)(C)C)c(F)cc1C(=O)NNC(=O)O. The summed E-state index contributed by atoms with van der Waals surface area (Å²) in [6.45, 7) is 10.4. The van der Waals surface area contributed by atoms with Gasteiger partial charge in [0.1, 0.15) is 11.4 Å². The highest BCUT2D eigenvalue weighted by Crippen LogP contribution is 2.23. The van der Waals surface area contributed by atoms with E-state index in [1.807, 2.05) is 5.43 Å². The molecule has 10 nitrogen and oxygen atoms in total. The van der Waals surface area contributed by atoms with Crippen molar-refractivity contribution in [1.29, 1.82) is 5.41 Å². The Labute approximate surface area is 180 Å². The van der Waals surface area contributed by atoms with Crippen LogP contribution in [0.25, 0.3) is 0 Å². The molecule has 1 atom stereocenters. The first-order chi connectivity index (χ1) is 14.2. The number of halogens is 1. The highest BCUT2D eigenvalue weighted by atomic mass is 19.1. The lowest BCUT2D eigenvalue weighted by atomic mass is 9.99. The van der Waals surface area contributed by atoms with Crippen molar-refractivity contribution in [2.75, 3.05) is 5.32 Å². The molecule has 1 aromatic carbocycles. The average Bonchev–Trinajstić information content (AvgIpc) is 2.58. The normalized spacial score (nSPS) is 12.0. The second kappa shape index (κ2) is 10.6. The first-order valence-corrected chi connectivity index (χ1v) is 9.66. The first-order valence-electron chi connectivity index (χ1n) is 9.66. The Morgan fingerprint density at radius 1 is 1.13 bits per heavy atom. The molecule has 11 heteroatoms. The predicted octanol–water partition coefficient (Wildman–Crippen LogP) is 3.23. The van der Waals surface area contributed by atoms with Gasteiger partial charge in [-0.3, -0.25) is 10.2 Å². The van der Waals surface area contributed by atoms with E-state index in [4.69, 9.17) is 15.3 Å². The van der Waals surface area contributed by atoms with E-state index >= 15 is 0 Å². The maximum absolute atomic E-state index is 14.7. The second-order valence-corrected chi connectivity index (χ2v) is 8.29. The maximum Gasteiger partial charge on any atom is 0.423 e. The van der Waals surface area contributed by atoms with E-state index in [9.17, 15) is 18.8 Å². The number of hydrazine groups is 1. The van der Waals surface area contributed by atoms with Gasteiger partial charge in [-0.15, -0.1) is 0 Å². The zero-order chi connectivity index (χ0) is 23.9. The molecule has 0 saturated carbocycles. The van der Waals surface area contributed by atoms with Crippen molar-refractivity contribution in [2.45, 2.75) is 65.6 Å². The monoisotopic (exact) mass is 439 g/mol. The van der Waals surface area contributed by atoms with Gasteiger partial charge in [0, 0.05) is 35.5 Å². The fourth-order valence-electron chi connectivity index (χ4n) is 2.58. The Morgan fingerprint density at radius 2 is 1.74 bits per heavy atom. The van der Waals surface area contributed by atoms with Crippen LogP contribution in [-0.4, -0.2) is 46.6 Å². The van der Waals surface area contributed by atoms with Crippen LogP contribution >= 0.6 is 0 Å². The minimum Gasteiger partial charge on any atom is -0.464 e. The van der Waals surface area contributed by atoms with Crippen LogP contribution in [0.3, 0.4) is 0 Å². The van der Waals surface area contributed by atoms with Gasteiger partial charge in [-0.05, 0) is 53.7 Å². The lowest BCUT2D eigenvalue weighted by Gasteiger charge is -2.22. The van der Waals surface area contributed by atoms with Gasteiger partial charge in [0.25, 0.3) is 5.91 Å². The molecule has 0 aliphatic heterocycles. The molecule has 0 bridgehead atoms. The summed E-state index contributed by atoms with van der Waals surface area (Å²) in [4.78, 5) is 34.7. The summed E-state index contributed by atoms with van der Waals surface area (Å²) in [6, 6.07) is 1.61. The van der Waals surface area contributed by atoms with E-state index in [0.29, 0.717) is 0 Å². The molecule has 6 N–H and O–H groups in total. The van der Waals surface area contributed by atoms with Crippen molar-refractivity contribution in [3.05, 3.63) is 29.1 Å². The minimum atomic E-state index is -1.47. The number of carbonyl (C=O) groups excluding carboxylic acids is 2. The quantitative estimate of drug-likeness (QED) is 0.283. The van der Waals surface area contributed by atoms with Crippen molar-refractivity contribution < 1.29 is 28.6 Å². The smallest absolute Gasteiger partial charge is 0.423 e. The molecule has 1 aromatic rings. The Kier molecular flexibility index (Phi) is 8.77. The van der Waals surface area contributed by atoms with Gasteiger partial charge in [0.15, 0.2) is 0 Å². The van der Waals surface area contributed by atoms with Crippen LogP contribution in [0, 0.1) is 11.2 Å². The Balaban J connectivity index is 3.05. The molecule has 0 aliphatic carbocycles. The number of anilines is 1. The molecule has 0 saturated heterocycles. The predicted molar refractivity (Wildman–Crippen MR) is 114 cm³/mol. The number of nitrogens with one attached hydrogen (secondary N) is 5. The molecular formula is C20H30FN5O5. The molecule has 0 aromatic heterocycles. The van der Waals surface area contributed by atoms with E-state index in [-0.39, 0.29) is 35.0 Å². The molecule has 0 fully saturated rings. The van der Waals surface area contributed by atoms with Crippen LogP contribution in [-0.2, 0) is 4.74 Å². The fourth-order valence-corrected chi connectivity index (χ4v) is 2.58. The van der Waals surface area contributed by atoms with Crippen LogP contribution in [0.2, 0.25) is 0 Å². The number of alkyl carbamates (subject to hydrolysis) is 1. The van der Waals surface area contributed by atoms with Crippen molar-refractivity contribution >= 4 is 29.5 Å². The molecule has 0 heterocycles. The van der Waals surface area contributed by atoms with Crippen LogP contribution in [0.4, 0.5) is 19.7 Å². The first kappa shape index (κ1) is 25.7. The Bertz CT molecular complexity index is 851. The number of rotatable bonds is 7. The summed E-state index contributed by atoms with van der Waals surface area (Å²) in [5, 5.41) is 22.5. The van der Waals surface area contributed by atoms with Crippen molar-refractivity contribution in [3.8, 4) is 0 Å². The summed E-state index contributed by atoms with van der Waals surface area (Å²) in [6.07, 6.45) is -2.10. The van der Waals surface area contributed by atoms with Gasteiger partial charge in [-0.1, -0.05) is 0 Å². The minimum absolute atomic E-state index is 0.0173. The topological polar surface area (TPSA) is 153 Å². The third kappa shape index (κ3) is 8.89. The summed E-state index contributed by atoms with van der Waals surface area (Å²) < 4.78 is 19.9. The van der Waals surface area contributed by atoms with Gasteiger partial charge in [-0.25, -0.2) is 19.4 Å². The van der Waals surface area contributed by atoms with Crippen molar-refractivity contribution in [3.63, 3.8) is 0 Å². The van der Waals surface area contributed by atoms with Crippen molar-refractivity contribution in [1.82, 2.24) is 16.2 Å². The molecular weight excluding hydrogens is 409 g/mol. The molecule has 1 unspecified atom stereocenters. The van der Waals surface area contributed by atoms with Gasteiger partial charge >= 0.3 is 12.2 Å². The molecule has 3 amide bonds. The summed E-state index contributed by atoms with van der Waals surface area (Å²) in [7, 11) is 0. The van der Waals surface area contributed by atoms with Gasteiger partial charge in [0.05, 0.1) is 5.56 Å². The number of benzene rings is 1. The summed E-state index contributed by atoms with van der Waals surface area (Å²) in [5.74, 6) is -1.69. The Hall–Kier alpha value is -3.37. The van der Waals surface area contributed by atoms with Crippen LogP contribution < -0.4 is 21.5 Å². The van der Waals surface area contributed by atoms with E-state index in [1.54, 1.807) is 47.0 Å². The van der Waals surface area contributed by atoms with E-state index in [2.05, 4.69) is 10.6 Å². The third-order valence-corrected chi connectivity index (χ3v) is 3.68. The fraction of sp³-hybridized carbons (Fsp3) is 0.500. The maximum atomic E-state index is 14.7. The van der Waals surface area contributed by atoms with Crippen LogP contribution in [0.15, 0.2) is 12.1 Å². The average molecular weight is 439 g/mol. The zero-order valence-corrected chi connectivity index (χ0v) is 18.5. The van der Waals surface area contributed by atoms with Gasteiger partial charge < -0.3 is 25.9 Å². The summed E-state index contributed by atoms with van der Waals surface area (Å²) in [5.41, 5.74) is 2.95. The standard InChI is InChI=1S/C20H30FN5O5/c1-10(2)23-16-9-12(14(21)8-13(16)17(27)25-26-18(28)29)15(22)7-11(3)24-19(30)31-20(4,5)6/h8-11,22-23,26H,7H2,1-6H3,(H,24,30)(H,25,27)(H,28,29). The van der Waals surface area contributed by atoms with Crippen molar-refractivity contribution in [2.24, 2.45) is 0 Å². The van der Waals surface area contributed by atoms with Gasteiger partial charge in [-0.2, -0.15) is 0 Å². The van der Waals surface area contributed by atoms with E-state index in [0.717, 1.165) is 6.07 Å². The molecule has 172 valence electrons. The number of carbonyl (C=O) groups is 3. The number of ether oxygens (including phenoxy) is 1. The van der Waals surface area contributed by atoms with E-state index < -0.39 is 35.6 Å². The second-order valence-electron chi connectivity index (χ2n) is 8.29. The lowest BCUT2D eigenvalue weighted by molar-refractivity contribution is 0.0510. The van der Waals surface area contributed by atoms with Crippen LogP contribution in [0.5, 0.6) is 0 Å². The number of amides is 3. The number of carboxylic acid groups (broad SMARTS) is 1. The number of hydrogen-bond donors (Lipinski definition) is 6. The molecule has 0 spiro atoms. The Morgan fingerprint density at radius 3 is 2.26 bits per heavy atom. The molecule has 31 heavy (non-hydrogen) atoms. The largest absolute Gasteiger partial charge is 0.464 e. The third-order valence-electron chi connectivity index (χ3n) is 3.68. The van der Waals surface area contributed by atoms with Crippen LogP contribution in [0.1, 0.15) is 63.9 Å².